The lowest BCUT2D eigenvalue weighted by molar-refractivity contribution is 0.179. The van der Waals surface area contributed by atoms with Crippen molar-refractivity contribution in [1.82, 2.24) is 0 Å². The van der Waals surface area contributed by atoms with Gasteiger partial charge in [0.1, 0.15) is 0 Å². The van der Waals surface area contributed by atoms with Crippen LogP contribution in [0.1, 0.15) is 16.5 Å². The number of hydrogen-bond acceptors (Lipinski definition) is 3. The Balaban J connectivity index is 2.13. The molecule has 0 aliphatic rings. The van der Waals surface area contributed by atoms with E-state index in [-0.39, 0.29) is 0 Å². The summed E-state index contributed by atoms with van der Waals surface area (Å²) in [5.74, 6) is 0. The second kappa shape index (κ2) is 5.87. The molecule has 0 saturated carbocycles. The predicted octanol–water partition coefficient (Wildman–Crippen LogP) is 3.85. The fraction of sp³-hybridized carbons (Fsp3) is 0.286. The van der Waals surface area contributed by atoms with Crippen molar-refractivity contribution in [2.24, 2.45) is 0 Å². The Bertz CT molecular complexity index is 524. The molecule has 1 atom stereocenters. The minimum atomic E-state index is -0.449. The molecular weight excluding hydrogens is 310 g/mol. The molecule has 2 nitrogen and oxygen atoms in total. The number of benzene rings is 1. The fourth-order valence-electron chi connectivity index (χ4n) is 1.78. The summed E-state index contributed by atoms with van der Waals surface area (Å²) in [7, 11) is 4.00. The summed E-state index contributed by atoms with van der Waals surface area (Å²) in [6.07, 6.45) is 0.211. The second-order valence-electron chi connectivity index (χ2n) is 4.42. The molecule has 1 aromatic heterocycles. The monoisotopic (exact) mass is 325 g/mol. The molecule has 0 bridgehead atoms. The quantitative estimate of drug-likeness (QED) is 0.922. The molecule has 0 aliphatic heterocycles. The summed E-state index contributed by atoms with van der Waals surface area (Å²) in [6, 6.07) is 12.1. The van der Waals surface area contributed by atoms with Crippen LogP contribution in [0.15, 0.2) is 40.2 Å². The number of anilines is 1. The van der Waals surface area contributed by atoms with Crippen LogP contribution in [0.2, 0.25) is 0 Å². The van der Waals surface area contributed by atoms with E-state index in [1.807, 2.05) is 55.4 Å². The van der Waals surface area contributed by atoms with Crippen molar-refractivity contribution in [2.45, 2.75) is 12.5 Å². The SMILES string of the molecule is CN(C)c1cccc(C(O)Cc2ccc(Br)s2)c1. The number of aliphatic hydroxyl groups is 1. The van der Waals surface area contributed by atoms with Crippen LogP contribution in [0, 0.1) is 0 Å². The smallest absolute Gasteiger partial charge is 0.0839 e. The van der Waals surface area contributed by atoms with Crippen molar-refractivity contribution in [3.63, 3.8) is 0 Å². The Morgan fingerprint density at radius 3 is 2.67 bits per heavy atom. The van der Waals surface area contributed by atoms with Crippen LogP contribution in [0.5, 0.6) is 0 Å². The minimum absolute atomic E-state index is 0.449. The van der Waals surface area contributed by atoms with Gasteiger partial charge in [0.25, 0.3) is 0 Å². The maximum atomic E-state index is 10.3. The zero-order valence-electron chi connectivity index (χ0n) is 10.4. The third kappa shape index (κ3) is 3.34. The Labute approximate surface area is 120 Å². The van der Waals surface area contributed by atoms with Crippen LogP contribution in [0.3, 0.4) is 0 Å². The Hall–Kier alpha value is -0.840. The molecule has 0 saturated heterocycles. The van der Waals surface area contributed by atoms with E-state index in [1.54, 1.807) is 11.3 Å². The van der Waals surface area contributed by atoms with Crippen molar-refractivity contribution in [2.75, 3.05) is 19.0 Å². The molecule has 0 radical (unpaired) electrons. The molecule has 0 amide bonds. The van der Waals surface area contributed by atoms with E-state index >= 15 is 0 Å². The average Bonchev–Trinajstić information content (AvgIpc) is 2.75. The van der Waals surface area contributed by atoms with Gasteiger partial charge in [-0.3, -0.25) is 0 Å². The molecule has 4 heteroatoms. The second-order valence-corrected chi connectivity index (χ2v) is 6.96. The molecular formula is C14H16BrNOS. The molecule has 1 heterocycles. The fourth-order valence-corrected chi connectivity index (χ4v) is 3.30. The van der Waals surface area contributed by atoms with E-state index in [0.717, 1.165) is 15.0 Å². The number of rotatable bonds is 4. The lowest BCUT2D eigenvalue weighted by atomic mass is 10.0. The molecule has 0 aliphatic carbocycles. The number of aliphatic hydroxyl groups excluding tert-OH is 1. The summed E-state index contributed by atoms with van der Waals surface area (Å²) in [4.78, 5) is 3.22. The van der Waals surface area contributed by atoms with Gasteiger partial charge in [0.2, 0.25) is 0 Å². The van der Waals surface area contributed by atoms with E-state index in [0.29, 0.717) is 6.42 Å². The first-order valence-electron chi connectivity index (χ1n) is 5.76. The Kier molecular flexibility index (Phi) is 4.43. The molecule has 1 N–H and O–H groups in total. The highest BCUT2D eigenvalue weighted by atomic mass is 79.9. The lowest BCUT2D eigenvalue weighted by Gasteiger charge is -2.16. The number of nitrogens with zero attached hydrogens (tertiary/aromatic N) is 1. The summed E-state index contributed by atoms with van der Waals surface area (Å²) >= 11 is 5.11. The maximum absolute atomic E-state index is 10.3. The van der Waals surface area contributed by atoms with Gasteiger partial charge >= 0.3 is 0 Å². The number of halogens is 1. The highest BCUT2D eigenvalue weighted by Gasteiger charge is 2.11. The van der Waals surface area contributed by atoms with Gasteiger partial charge in [-0.1, -0.05) is 12.1 Å². The lowest BCUT2D eigenvalue weighted by Crippen LogP contribution is -2.09. The van der Waals surface area contributed by atoms with Crippen LogP contribution >= 0.6 is 27.3 Å². The van der Waals surface area contributed by atoms with Gasteiger partial charge in [-0.05, 0) is 45.8 Å². The molecule has 0 spiro atoms. The van der Waals surface area contributed by atoms with Gasteiger partial charge in [0, 0.05) is 31.1 Å². The van der Waals surface area contributed by atoms with Gasteiger partial charge < -0.3 is 10.0 Å². The zero-order valence-corrected chi connectivity index (χ0v) is 12.8. The molecule has 0 fully saturated rings. The standard InChI is InChI=1S/C14H16BrNOS/c1-16(2)11-5-3-4-10(8-11)13(17)9-12-6-7-14(15)18-12/h3-8,13,17H,9H2,1-2H3. The van der Waals surface area contributed by atoms with Crippen LogP contribution in [0.25, 0.3) is 0 Å². The van der Waals surface area contributed by atoms with Crippen molar-refractivity contribution >= 4 is 33.0 Å². The highest BCUT2D eigenvalue weighted by molar-refractivity contribution is 9.11. The first-order chi connectivity index (χ1) is 8.56. The number of hydrogen-bond donors (Lipinski definition) is 1. The van der Waals surface area contributed by atoms with Crippen molar-refractivity contribution < 1.29 is 5.11 Å². The van der Waals surface area contributed by atoms with Gasteiger partial charge in [-0.15, -0.1) is 11.3 Å². The van der Waals surface area contributed by atoms with E-state index < -0.39 is 6.10 Å². The molecule has 96 valence electrons. The average molecular weight is 326 g/mol. The molecule has 2 aromatic rings. The summed E-state index contributed by atoms with van der Waals surface area (Å²) in [5, 5.41) is 10.3. The summed E-state index contributed by atoms with van der Waals surface area (Å²) in [6.45, 7) is 0. The van der Waals surface area contributed by atoms with Crippen LogP contribution in [-0.4, -0.2) is 19.2 Å². The van der Waals surface area contributed by atoms with Gasteiger partial charge in [0.05, 0.1) is 9.89 Å². The first-order valence-corrected chi connectivity index (χ1v) is 7.37. The third-order valence-electron chi connectivity index (χ3n) is 2.79. The van der Waals surface area contributed by atoms with Crippen LogP contribution in [-0.2, 0) is 6.42 Å². The summed E-state index contributed by atoms with van der Waals surface area (Å²) < 4.78 is 1.10. The molecule has 1 aromatic carbocycles. The van der Waals surface area contributed by atoms with Gasteiger partial charge in [0.15, 0.2) is 0 Å². The predicted molar refractivity (Wildman–Crippen MR) is 81.5 cm³/mol. The zero-order chi connectivity index (χ0) is 13.1. The molecule has 18 heavy (non-hydrogen) atoms. The maximum Gasteiger partial charge on any atom is 0.0839 e. The van der Waals surface area contributed by atoms with E-state index in [4.69, 9.17) is 0 Å². The molecule has 2 rings (SSSR count). The van der Waals surface area contributed by atoms with E-state index in [9.17, 15) is 5.11 Å². The van der Waals surface area contributed by atoms with Crippen molar-refractivity contribution in [3.8, 4) is 0 Å². The largest absolute Gasteiger partial charge is 0.388 e. The van der Waals surface area contributed by atoms with Gasteiger partial charge in [-0.2, -0.15) is 0 Å². The molecule has 1 unspecified atom stereocenters. The normalized spacial score (nSPS) is 12.4. The first kappa shape index (κ1) is 13.6. The summed E-state index contributed by atoms with van der Waals surface area (Å²) in [5.41, 5.74) is 2.07. The third-order valence-corrected chi connectivity index (χ3v) is 4.44. The number of thiophene rings is 1. The van der Waals surface area contributed by atoms with Crippen LogP contribution < -0.4 is 4.90 Å². The van der Waals surface area contributed by atoms with Crippen molar-refractivity contribution in [1.29, 1.82) is 0 Å². The van der Waals surface area contributed by atoms with Gasteiger partial charge in [-0.25, -0.2) is 0 Å². The highest BCUT2D eigenvalue weighted by Crippen LogP contribution is 2.28. The van der Waals surface area contributed by atoms with Crippen LogP contribution in [0.4, 0.5) is 5.69 Å². The minimum Gasteiger partial charge on any atom is -0.388 e. The van der Waals surface area contributed by atoms with E-state index in [2.05, 4.69) is 15.9 Å². The van der Waals surface area contributed by atoms with Crippen molar-refractivity contribution in [3.05, 3.63) is 50.6 Å². The topological polar surface area (TPSA) is 23.5 Å². The van der Waals surface area contributed by atoms with E-state index in [1.165, 1.54) is 4.88 Å². The Morgan fingerprint density at radius 1 is 1.28 bits per heavy atom. The Morgan fingerprint density at radius 2 is 2.06 bits per heavy atom.